The first-order valence-corrected chi connectivity index (χ1v) is 10.9. The van der Waals surface area contributed by atoms with Crippen molar-refractivity contribution in [1.29, 1.82) is 0 Å². The second-order valence-corrected chi connectivity index (χ2v) is 8.71. The third-order valence-electron chi connectivity index (χ3n) is 4.80. The molecule has 1 heterocycles. The van der Waals surface area contributed by atoms with Crippen molar-refractivity contribution in [3.05, 3.63) is 59.7 Å². The molecule has 27 heavy (non-hydrogen) atoms. The Hall–Kier alpha value is -2.18. The van der Waals surface area contributed by atoms with Gasteiger partial charge in [-0.15, -0.1) is 0 Å². The van der Waals surface area contributed by atoms with Crippen LogP contribution in [0.1, 0.15) is 42.6 Å². The third kappa shape index (κ3) is 3.92. The predicted molar refractivity (Wildman–Crippen MR) is 108 cm³/mol. The summed E-state index contributed by atoms with van der Waals surface area (Å²) in [5.74, 6) is -0.158. The Morgan fingerprint density at radius 2 is 1.74 bits per heavy atom. The molecule has 1 aliphatic rings. The van der Waals surface area contributed by atoms with E-state index in [0.29, 0.717) is 25.2 Å². The van der Waals surface area contributed by atoms with Gasteiger partial charge in [-0.2, -0.15) is 4.31 Å². The van der Waals surface area contributed by atoms with Gasteiger partial charge in [0.15, 0.2) is 0 Å². The van der Waals surface area contributed by atoms with Crippen molar-refractivity contribution in [2.75, 3.05) is 24.5 Å². The number of benzene rings is 2. The molecular formula is C21H26N2O3S. The molecule has 6 heteroatoms. The number of carbonyl (C=O) groups is 1. The van der Waals surface area contributed by atoms with E-state index in [1.807, 2.05) is 38.1 Å². The number of hydrogen-bond donors (Lipinski definition) is 0. The highest BCUT2D eigenvalue weighted by molar-refractivity contribution is 7.89. The van der Waals surface area contributed by atoms with Gasteiger partial charge in [-0.05, 0) is 49.1 Å². The van der Waals surface area contributed by atoms with Gasteiger partial charge in [0.25, 0.3) is 5.91 Å². The van der Waals surface area contributed by atoms with E-state index in [4.69, 9.17) is 0 Å². The highest BCUT2D eigenvalue weighted by atomic mass is 32.2. The molecule has 0 spiro atoms. The lowest BCUT2D eigenvalue weighted by molar-refractivity contribution is 0.0989. The Morgan fingerprint density at radius 3 is 2.44 bits per heavy atom. The van der Waals surface area contributed by atoms with Crippen LogP contribution in [0.3, 0.4) is 0 Å². The molecule has 144 valence electrons. The van der Waals surface area contributed by atoms with Crippen LogP contribution in [0.25, 0.3) is 0 Å². The summed E-state index contributed by atoms with van der Waals surface area (Å²) < 4.78 is 27.5. The fourth-order valence-electron chi connectivity index (χ4n) is 3.49. The first-order valence-electron chi connectivity index (χ1n) is 9.49. The van der Waals surface area contributed by atoms with Crippen molar-refractivity contribution in [2.45, 2.75) is 38.0 Å². The molecular weight excluding hydrogens is 360 g/mol. The topological polar surface area (TPSA) is 57.7 Å². The Bertz CT molecular complexity index is 919. The SMILES string of the molecule is CCCN(CCC)S(=O)(=O)c1cccc(C(=O)N2CCc3ccccc32)c1. The van der Waals surface area contributed by atoms with Gasteiger partial charge in [-0.3, -0.25) is 4.79 Å². The molecule has 3 rings (SSSR count). The van der Waals surface area contributed by atoms with Crippen molar-refractivity contribution >= 4 is 21.6 Å². The van der Waals surface area contributed by atoms with E-state index in [0.717, 1.165) is 30.5 Å². The summed E-state index contributed by atoms with van der Waals surface area (Å²) in [5.41, 5.74) is 2.46. The van der Waals surface area contributed by atoms with E-state index < -0.39 is 10.0 Å². The molecule has 2 aromatic rings. The maximum absolute atomic E-state index is 13.0. The Balaban J connectivity index is 1.91. The van der Waals surface area contributed by atoms with E-state index in [2.05, 4.69) is 0 Å². The van der Waals surface area contributed by atoms with Gasteiger partial charge in [0, 0.05) is 30.9 Å². The van der Waals surface area contributed by atoms with Gasteiger partial charge in [-0.25, -0.2) is 8.42 Å². The number of rotatable bonds is 7. The molecule has 1 aliphatic heterocycles. The first-order chi connectivity index (χ1) is 13.0. The molecule has 0 aromatic heterocycles. The van der Waals surface area contributed by atoms with Crippen LogP contribution in [-0.4, -0.2) is 38.3 Å². The zero-order valence-corrected chi connectivity index (χ0v) is 16.7. The monoisotopic (exact) mass is 386 g/mol. The summed E-state index contributed by atoms with van der Waals surface area (Å²) in [5, 5.41) is 0. The number of nitrogens with zero attached hydrogens (tertiary/aromatic N) is 2. The number of anilines is 1. The van der Waals surface area contributed by atoms with Gasteiger partial charge in [-0.1, -0.05) is 38.1 Å². The fourth-order valence-corrected chi connectivity index (χ4v) is 5.17. The van der Waals surface area contributed by atoms with E-state index >= 15 is 0 Å². The number of hydrogen-bond acceptors (Lipinski definition) is 3. The minimum Gasteiger partial charge on any atom is -0.308 e. The highest BCUT2D eigenvalue weighted by Crippen LogP contribution is 2.29. The van der Waals surface area contributed by atoms with Crippen LogP contribution < -0.4 is 4.90 Å². The summed E-state index contributed by atoms with van der Waals surface area (Å²) in [6.45, 7) is 5.50. The van der Waals surface area contributed by atoms with Gasteiger partial charge in [0.1, 0.15) is 0 Å². The molecule has 0 radical (unpaired) electrons. The third-order valence-corrected chi connectivity index (χ3v) is 6.69. The highest BCUT2D eigenvalue weighted by Gasteiger charge is 2.27. The minimum absolute atomic E-state index is 0.158. The fraction of sp³-hybridized carbons (Fsp3) is 0.381. The van der Waals surface area contributed by atoms with Crippen LogP contribution in [-0.2, 0) is 16.4 Å². The quantitative estimate of drug-likeness (QED) is 0.729. The van der Waals surface area contributed by atoms with E-state index in [1.54, 1.807) is 23.1 Å². The number of amides is 1. The Labute approximate surface area is 161 Å². The molecule has 0 aliphatic carbocycles. The second kappa shape index (κ2) is 8.23. The molecule has 0 saturated carbocycles. The molecule has 1 amide bonds. The number of fused-ring (bicyclic) bond motifs is 1. The summed E-state index contributed by atoms with van der Waals surface area (Å²) >= 11 is 0. The lowest BCUT2D eigenvalue weighted by atomic mass is 10.1. The van der Waals surface area contributed by atoms with Crippen LogP contribution in [0.5, 0.6) is 0 Å². The van der Waals surface area contributed by atoms with Gasteiger partial charge in [0.2, 0.25) is 10.0 Å². The first kappa shape index (κ1) is 19.6. The largest absolute Gasteiger partial charge is 0.308 e. The summed E-state index contributed by atoms with van der Waals surface area (Å²) in [4.78, 5) is 14.9. The van der Waals surface area contributed by atoms with Crippen molar-refractivity contribution in [3.63, 3.8) is 0 Å². The minimum atomic E-state index is -3.60. The van der Waals surface area contributed by atoms with E-state index in [1.165, 1.54) is 10.4 Å². The van der Waals surface area contributed by atoms with Crippen molar-refractivity contribution in [1.82, 2.24) is 4.31 Å². The lowest BCUT2D eigenvalue weighted by Gasteiger charge is -2.22. The molecule has 0 N–H and O–H groups in total. The number of carbonyl (C=O) groups excluding carboxylic acids is 1. The lowest BCUT2D eigenvalue weighted by Crippen LogP contribution is -2.33. The summed E-state index contributed by atoms with van der Waals surface area (Å²) in [6.07, 6.45) is 2.32. The van der Waals surface area contributed by atoms with Crippen LogP contribution in [0.15, 0.2) is 53.4 Å². The zero-order chi connectivity index (χ0) is 19.4. The molecule has 0 fully saturated rings. The molecule has 0 bridgehead atoms. The van der Waals surface area contributed by atoms with Crippen LogP contribution in [0, 0.1) is 0 Å². The summed E-state index contributed by atoms with van der Waals surface area (Å²) in [7, 11) is -3.60. The maximum Gasteiger partial charge on any atom is 0.258 e. The van der Waals surface area contributed by atoms with Crippen molar-refractivity contribution < 1.29 is 13.2 Å². The normalized spacial score (nSPS) is 13.8. The smallest absolute Gasteiger partial charge is 0.258 e. The standard InChI is InChI=1S/C21H26N2O3S/c1-3-13-22(14-4-2)27(25,26)19-10-7-9-18(16-19)21(24)23-15-12-17-8-5-6-11-20(17)23/h5-11,16H,3-4,12-15H2,1-2H3. The molecule has 0 unspecified atom stereocenters. The number of sulfonamides is 1. The van der Waals surface area contributed by atoms with Gasteiger partial charge in [0.05, 0.1) is 4.90 Å². The number of para-hydroxylation sites is 1. The van der Waals surface area contributed by atoms with E-state index in [9.17, 15) is 13.2 Å². The van der Waals surface area contributed by atoms with Crippen LogP contribution >= 0.6 is 0 Å². The van der Waals surface area contributed by atoms with Crippen molar-refractivity contribution in [3.8, 4) is 0 Å². The molecule has 5 nitrogen and oxygen atoms in total. The van der Waals surface area contributed by atoms with Crippen LogP contribution in [0.4, 0.5) is 5.69 Å². The van der Waals surface area contributed by atoms with Crippen molar-refractivity contribution in [2.24, 2.45) is 0 Å². The van der Waals surface area contributed by atoms with Crippen LogP contribution in [0.2, 0.25) is 0 Å². The molecule has 2 aromatic carbocycles. The average molecular weight is 387 g/mol. The predicted octanol–water partition coefficient (Wildman–Crippen LogP) is 3.70. The second-order valence-electron chi connectivity index (χ2n) is 6.77. The average Bonchev–Trinajstić information content (AvgIpc) is 3.11. The van der Waals surface area contributed by atoms with E-state index in [-0.39, 0.29) is 10.8 Å². The maximum atomic E-state index is 13.0. The molecule has 0 atom stereocenters. The van der Waals surface area contributed by atoms with Gasteiger partial charge >= 0.3 is 0 Å². The Morgan fingerprint density at radius 1 is 1.04 bits per heavy atom. The van der Waals surface area contributed by atoms with Gasteiger partial charge < -0.3 is 4.90 Å². The Kier molecular flexibility index (Phi) is 5.97. The summed E-state index contributed by atoms with van der Waals surface area (Å²) in [6, 6.07) is 14.3. The molecule has 0 saturated heterocycles. The zero-order valence-electron chi connectivity index (χ0n) is 15.9.